The molecule has 3 aromatic heterocycles. The monoisotopic (exact) mass is 406 g/mol. The quantitative estimate of drug-likeness (QED) is 0.690. The van der Waals surface area contributed by atoms with Crippen molar-refractivity contribution < 1.29 is 4.79 Å². The summed E-state index contributed by atoms with van der Waals surface area (Å²) in [5.41, 5.74) is 3.02. The zero-order valence-corrected chi connectivity index (χ0v) is 17.2. The molecule has 8 nitrogen and oxygen atoms in total. The van der Waals surface area contributed by atoms with Crippen LogP contribution in [-0.2, 0) is 0 Å². The molecule has 3 atom stereocenters. The fraction of sp³-hybridized carbons (Fsp3) is 0.455. The van der Waals surface area contributed by atoms with Crippen molar-refractivity contribution in [3.05, 3.63) is 58.4 Å². The van der Waals surface area contributed by atoms with Gasteiger partial charge in [-0.05, 0) is 38.3 Å². The van der Waals surface area contributed by atoms with Crippen LogP contribution in [0, 0.1) is 5.92 Å². The molecule has 5 heterocycles. The highest BCUT2D eigenvalue weighted by Crippen LogP contribution is 2.38. The summed E-state index contributed by atoms with van der Waals surface area (Å²) >= 11 is 0. The molecule has 2 N–H and O–H groups in total. The molecular weight excluding hydrogens is 380 g/mol. The number of imidazole rings is 1. The summed E-state index contributed by atoms with van der Waals surface area (Å²) in [6.07, 6.45) is 4.39. The number of nitrogens with zero attached hydrogens (tertiary/aromatic N) is 4. The average Bonchev–Trinajstić information content (AvgIpc) is 3.18. The minimum Gasteiger partial charge on any atom is -0.350 e. The Labute approximate surface area is 174 Å². The second-order valence-electron chi connectivity index (χ2n) is 8.60. The van der Waals surface area contributed by atoms with E-state index in [1.165, 1.54) is 0 Å². The Balaban J connectivity index is 1.38. The molecule has 2 bridgehead atoms. The van der Waals surface area contributed by atoms with Crippen LogP contribution in [0.25, 0.3) is 11.2 Å². The predicted molar refractivity (Wildman–Crippen MR) is 114 cm³/mol. The maximum atomic E-state index is 12.9. The lowest BCUT2D eigenvalue weighted by Gasteiger charge is -2.43. The van der Waals surface area contributed by atoms with Gasteiger partial charge in [-0.1, -0.05) is 6.07 Å². The summed E-state index contributed by atoms with van der Waals surface area (Å²) in [4.78, 5) is 34.3. The molecule has 0 aliphatic carbocycles. The summed E-state index contributed by atoms with van der Waals surface area (Å²) in [5, 5.41) is 6.51. The van der Waals surface area contributed by atoms with E-state index in [-0.39, 0.29) is 23.6 Å². The standard InChI is InChI=1S/C22H26N6O2/c1-13(2)27-12-26-17-7-16(10-24-21(17)27)22(30)25-11-19-15-6-14(8-23-9-15)18-4-3-5-20(29)28(18)19/h3-5,7,10,12-15,19,23H,6,8-9,11H2,1-2H3,(H,25,30)/t14-,15+,19+/m1/s1. The van der Waals surface area contributed by atoms with Gasteiger partial charge in [0.15, 0.2) is 5.65 Å². The molecule has 3 aromatic rings. The Morgan fingerprint density at radius 3 is 3.00 bits per heavy atom. The fourth-order valence-electron chi connectivity index (χ4n) is 4.89. The van der Waals surface area contributed by atoms with E-state index in [2.05, 4.69) is 34.4 Å². The summed E-state index contributed by atoms with van der Waals surface area (Å²) in [7, 11) is 0. The Morgan fingerprint density at radius 2 is 2.17 bits per heavy atom. The number of fused-ring (bicyclic) bond motifs is 5. The van der Waals surface area contributed by atoms with Crippen molar-refractivity contribution in [2.24, 2.45) is 5.92 Å². The second-order valence-corrected chi connectivity index (χ2v) is 8.60. The van der Waals surface area contributed by atoms with Gasteiger partial charge in [0, 0.05) is 49.6 Å². The molecule has 1 saturated heterocycles. The van der Waals surface area contributed by atoms with Gasteiger partial charge in [0.25, 0.3) is 11.5 Å². The average molecular weight is 406 g/mol. The van der Waals surface area contributed by atoms with Gasteiger partial charge in [-0.2, -0.15) is 0 Å². The third-order valence-electron chi connectivity index (χ3n) is 6.40. The number of carbonyl (C=O) groups excluding carboxylic acids is 1. The lowest BCUT2D eigenvalue weighted by atomic mass is 9.79. The molecule has 8 heteroatoms. The molecule has 0 unspecified atom stereocenters. The maximum Gasteiger partial charge on any atom is 0.253 e. The zero-order chi connectivity index (χ0) is 20.8. The Morgan fingerprint density at radius 1 is 1.30 bits per heavy atom. The number of hydrogen-bond donors (Lipinski definition) is 2. The number of piperidine rings is 1. The van der Waals surface area contributed by atoms with Crippen LogP contribution in [0.5, 0.6) is 0 Å². The fourth-order valence-corrected chi connectivity index (χ4v) is 4.89. The van der Waals surface area contributed by atoms with Crippen LogP contribution in [-0.4, -0.2) is 44.6 Å². The highest BCUT2D eigenvalue weighted by Gasteiger charge is 2.37. The molecule has 1 fully saturated rings. The predicted octanol–water partition coefficient (Wildman–Crippen LogP) is 1.85. The number of amides is 1. The smallest absolute Gasteiger partial charge is 0.253 e. The number of hydrogen-bond acceptors (Lipinski definition) is 5. The van der Waals surface area contributed by atoms with Crippen LogP contribution < -0.4 is 16.2 Å². The first-order valence-corrected chi connectivity index (χ1v) is 10.6. The van der Waals surface area contributed by atoms with Crippen LogP contribution in [0.15, 0.2) is 41.6 Å². The van der Waals surface area contributed by atoms with E-state index < -0.39 is 0 Å². The lowest BCUT2D eigenvalue weighted by Crippen LogP contribution is -2.50. The van der Waals surface area contributed by atoms with E-state index in [9.17, 15) is 9.59 Å². The van der Waals surface area contributed by atoms with Crippen LogP contribution in [0.4, 0.5) is 0 Å². The number of aromatic nitrogens is 4. The van der Waals surface area contributed by atoms with Gasteiger partial charge in [-0.25, -0.2) is 9.97 Å². The zero-order valence-electron chi connectivity index (χ0n) is 17.2. The van der Waals surface area contributed by atoms with E-state index >= 15 is 0 Å². The summed E-state index contributed by atoms with van der Waals surface area (Å²) in [6, 6.07) is 7.44. The van der Waals surface area contributed by atoms with Gasteiger partial charge >= 0.3 is 0 Å². The second kappa shape index (κ2) is 7.36. The molecule has 1 amide bonds. The van der Waals surface area contributed by atoms with E-state index in [0.717, 1.165) is 30.9 Å². The molecule has 0 aromatic carbocycles. The minimum atomic E-state index is -0.195. The molecule has 156 valence electrons. The third kappa shape index (κ3) is 3.11. The van der Waals surface area contributed by atoms with Gasteiger partial charge < -0.3 is 19.8 Å². The number of nitrogens with one attached hydrogen (secondary N) is 2. The normalized spacial score (nSPS) is 22.8. The van der Waals surface area contributed by atoms with E-state index in [0.29, 0.717) is 29.5 Å². The van der Waals surface area contributed by atoms with Crippen molar-refractivity contribution in [2.75, 3.05) is 19.6 Å². The molecule has 2 aliphatic rings. The molecule has 0 spiro atoms. The van der Waals surface area contributed by atoms with Crippen molar-refractivity contribution in [3.63, 3.8) is 0 Å². The Bertz CT molecular complexity index is 1160. The highest BCUT2D eigenvalue weighted by molar-refractivity contribution is 5.96. The van der Waals surface area contributed by atoms with Crippen molar-refractivity contribution >= 4 is 17.1 Å². The largest absolute Gasteiger partial charge is 0.350 e. The van der Waals surface area contributed by atoms with Crippen LogP contribution in [0.3, 0.4) is 0 Å². The van der Waals surface area contributed by atoms with Gasteiger partial charge in [0.05, 0.1) is 17.9 Å². The van der Waals surface area contributed by atoms with Gasteiger partial charge in [-0.15, -0.1) is 0 Å². The van der Waals surface area contributed by atoms with Crippen molar-refractivity contribution in [2.45, 2.75) is 38.3 Å². The molecule has 2 aliphatic heterocycles. The summed E-state index contributed by atoms with van der Waals surface area (Å²) in [6.45, 7) is 6.30. The Kier molecular flexibility index (Phi) is 4.66. The van der Waals surface area contributed by atoms with Crippen LogP contribution >= 0.6 is 0 Å². The maximum absolute atomic E-state index is 12.9. The van der Waals surface area contributed by atoms with Crippen molar-refractivity contribution in [3.8, 4) is 0 Å². The number of pyridine rings is 2. The summed E-state index contributed by atoms with van der Waals surface area (Å²) in [5.74, 6) is 0.478. The van der Waals surface area contributed by atoms with Crippen molar-refractivity contribution in [1.29, 1.82) is 0 Å². The highest BCUT2D eigenvalue weighted by atomic mass is 16.1. The van der Waals surface area contributed by atoms with E-state index in [4.69, 9.17) is 0 Å². The van der Waals surface area contributed by atoms with Gasteiger partial charge in [0.2, 0.25) is 0 Å². The lowest BCUT2D eigenvalue weighted by molar-refractivity contribution is 0.0932. The molecule has 0 radical (unpaired) electrons. The van der Waals surface area contributed by atoms with E-state index in [1.807, 2.05) is 21.3 Å². The minimum absolute atomic E-state index is 0.00524. The number of carbonyl (C=O) groups is 1. The molecule has 0 saturated carbocycles. The Hall–Kier alpha value is -3.00. The van der Waals surface area contributed by atoms with Gasteiger partial charge in [0.1, 0.15) is 5.52 Å². The first-order chi connectivity index (χ1) is 14.5. The first-order valence-electron chi connectivity index (χ1n) is 10.6. The van der Waals surface area contributed by atoms with Crippen LogP contribution in [0.2, 0.25) is 0 Å². The topological polar surface area (TPSA) is 93.8 Å². The van der Waals surface area contributed by atoms with Crippen LogP contribution in [0.1, 0.15) is 54.3 Å². The SMILES string of the molecule is CC(C)n1cnc2cc(C(=O)NC[C@H]3[C@@H]4CNC[C@@H](C4)c4cccc(=O)n43)cnc21. The molecule has 30 heavy (non-hydrogen) atoms. The number of rotatable bonds is 4. The molecular formula is C22H26N6O2. The first kappa shape index (κ1) is 19.0. The third-order valence-corrected chi connectivity index (χ3v) is 6.40. The van der Waals surface area contributed by atoms with Gasteiger partial charge in [-0.3, -0.25) is 9.59 Å². The van der Waals surface area contributed by atoms with E-state index in [1.54, 1.807) is 24.7 Å². The molecule has 5 rings (SSSR count). The van der Waals surface area contributed by atoms with Crippen molar-refractivity contribution in [1.82, 2.24) is 29.7 Å². The summed E-state index contributed by atoms with van der Waals surface area (Å²) < 4.78 is 3.88.